The van der Waals surface area contributed by atoms with Gasteiger partial charge in [-0.25, -0.2) is 9.97 Å². The van der Waals surface area contributed by atoms with Crippen LogP contribution in [0, 0.1) is 11.3 Å². The molecule has 25 heavy (non-hydrogen) atoms. The number of hydrogen-bond donors (Lipinski definition) is 2. The van der Waals surface area contributed by atoms with E-state index in [9.17, 15) is 5.21 Å². The van der Waals surface area contributed by atoms with E-state index in [4.69, 9.17) is 5.26 Å². The third-order valence-corrected chi connectivity index (χ3v) is 3.86. The summed E-state index contributed by atoms with van der Waals surface area (Å²) in [6, 6.07) is 18.1. The maximum Gasteiger partial charge on any atom is 0.227 e. The van der Waals surface area contributed by atoms with E-state index < -0.39 is 0 Å². The van der Waals surface area contributed by atoms with Crippen LogP contribution in [-0.2, 0) is 0 Å². The van der Waals surface area contributed by atoms with Crippen LogP contribution in [0.3, 0.4) is 0 Å². The number of nitriles is 1. The van der Waals surface area contributed by atoms with Crippen LogP contribution in [0.15, 0.2) is 70.4 Å². The molecule has 0 spiro atoms. The highest BCUT2D eigenvalue weighted by Crippen LogP contribution is 2.17. The minimum absolute atomic E-state index is 0.339. The maximum absolute atomic E-state index is 9.42. The maximum atomic E-state index is 9.42. The fourth-order valence-electron chi connectivity index (χ4n) is 2.20. The summed E-state index contributed by atoms with van der Waals surface area (Å²) in [5, 5.41) is 24.7. The molecule has 3 aromatic rings. The first-order chi connectivity index (χ1) is 12.2. The number of halogens is 1. The lowest BCUT2D eigenvalue weighted by Gasteiger charge is -2.08. The van der Waals surface area contributed by atoms with Crippen LogP contribution in [0.5, 0.6) is 0 Å². The topological polar surface area (TPSA) is 94.2 Å². The number of hydrogen-bond acceptors (Lipinski definition) is 6. The summed E-state index contributed by atoms with van der Waals surface area (Å²) in [7, 11) is 0. The number of benzene rings is 2. The Morgan fingerprint density at radius 1 is 1.16 bits per heavy atom. The van der Waals surface area contributed by atoms with E-state index in [2.05, 4.69) is 42.4 Å². The Morgan fingerprint density at radius 2 is 1.96 bits per heavy atom. The highest BCUT2D eigenvalue weighted by Gasteiger charge is 2.11. The van der Waals surface area contributed by atoms with Gasteiger partial charge in [-0.15, -0.1) is 0 Å². The average Bonchev–Trinajstić information content (AvgIpc) is 2.63. The molecule has 1 aromatic heterocycles. The second-order valence-electron chi connectivity index (χ2n) is 5.04. The molecule has 0 unspecified atom stereocenters. The molecule has 0 saturated carbocycles. The molecule has 0 aliphatic carbocycles. The molecular weight excluding hydrogens is 382 g/mol. The smallest absolute Gasteiger partial charge is 0.227 e. The molecule has 122 valence electrons. The minimum atomic E-state index is 0.339. The van der Waals surface area contributed by atoms with E-state index in [0.29, 0.717) is 22.9 Å². The molecule has 2 aromatic carbocycles. The number of aromatic nitrogens is 2. The molecular formula is C18H12BrN5O. The fraction of sp³-hybridized carbons (Fsp3) is 0. The van der Waals surface area contributed by atoms with E-state index in [1.165, 1.54) is 0 Å². The summed E-state index contributed by atoms with van der Waals surface area (Å²) in [6.45, 7) is 0. The zero-order chi connectivity index (χ0) is 17.6. The quantitative estimate of drug-likeness (QED) is 0.395. The van der Waals surface area contributed by atoms with Crippen molar-refractivity contribution in [2.75, 3.05) is 5.32 Å². The van der Waals surface area contributed by atoms with Crippen molar-refractivity contribution in [1.82, 2.24) is 9.97 Å². The SMILES string of the molecule is N#Cc1ccc(Nc2nccc(/C(=N/O)c3cccc(Br)c3)n2)cc1. The lowest BCUT2D eigenvalue weighted by Crippen LogP contribution is -2.08. The van der Waals surface area contributed by atoms with Gasteiger partial charge in [-0.05, 0) is 42.5 Å². The first-order valence-electron chi connectivity index (χ1n) is 7.28. The van der Waals surface area contributed by atoms with Gasteiger partial charge in [0.25, 0.3) is 0 Å². The summed E-state index contributed by atoms with van der Waals surface area (Å²) < 4.78 is 0.871. The summed E-state index contributed by atoms with van der Waals surface area (Å²) in [4.78, 5) is 8.57. The predicted molar refractivity (Wildman–Crippen MR) is 98.0 cm³/mol. The zero-order valence-electron chi connectivity index (χ0n) is 12.9. The lowest BCUT2D eigenvalue weighted by molar-refractivity contribution is 0.319. The van der Waals surface area contributed by atoms with Gasteiger partial charge in [0.2, 0.25) is 5.95 Å². The van der Waals surface area contributed by atoms with Gasteiger partial charge < -0.3 is 10.5 Å². The number of oxime groups is 1. The van der Waals surface area contributed by atoms with Crippen molar-refractivity contribution in [3.8, 4) is 6.07 Å². The number of rotatable bonds is 4. The van der Waals surface area contributed by atoms with Crippen LogP contribution in [0.1, 0.15) is 16.8 Å². The molecule has 0 aliphatic heterocycles. The molecule has 1 heterocycles. The number of anilines is 2. The van der Waals surface area contributed by atoms with Crippen LogP contribution in [0.4, 0.5) is 11.6 Å². The average molecular weight is 394 g/mol. The second kappa shape index (κ2) is 7.55. The Bertz CT molecular complexity index is 964. The van der Waals surface area contributed by atoms with Gasteiger partial charge in [0.1, 0.15) is 5.71 Å². The summed E-state index contributed by atoms with van der Waals surface area (Å²) in [6.07, 6.45) is 1.58. The van der Waals surface area contributed by atoms with Crippen molar-refractivity contribution < 1.29 is 5.21 Å². The molecule has 0 aliphatic rings. The largest absolute Gasteiger partial charge is 0.410 e. The van der Waals surface area contributed by atoms with Gasteiger partial charge in [-0.3, -0.25) is 0 Å². The predicted octanol–water partition coefficient (Wildman–Crippen LogP) is 4.08. The molecule has 0 saturated heterocycles. The Kier molecular flexibility index (Phi) is 5.02. The van der Waals surface area contributed by atoms with Gasteiger partial charge in [0.15, 0.2) is 0 Å². The van der Waals surface area contributed by atoms with Gasteiger partial charge >= 0.3 is 0 Å². The fourth-order valence-corrected chi connectivity index (χ4v) is 2.60. The zero-order valence-corrected chi connectivity index (χ0v) is 14.5. The van der Waals surface area contributed by atoms with Gasteiger partial charge in [0, 0.05) is 21.9 Å². The van der Waals surface area contributed by atoms with Crippen LogP contribution in [-0.4, -0.2) is 20.9 Å². The summed E-state index contributed by atoms with van der Waals surface area (Å²) in [5.41, 5.74) is 2.86. The van der Waals surface area contributed by atoms with Gasteiger partial charge in [0.05, 0.1) is 17.3 Å². The minimum Gasteiger partial charge on any atom is -0.410 e. The van der Waals surface area contributed by atoms with Crippen molar-refractivity contribution in [2.45, 2.75) is 0 Å². The standard InChI is InChI=1S/C18H12BrN5O/c19-14-3-1-2-13(10-14)17(24-25)16-8-9-21-18(23-16)22-15-6-4-12(11-20)5-7-15/h1-10,25H,(H,21,22,23)/b24-17+. The molecule has 6 nitrogen and oxygen atoms in total. The van der Waals surface area contributed by atoms with Crippen LogP contribution < -0.4 is 5.32 Å². The van der Waals surface area contributed by atoms with Crippen molar-refractivity contribution in [2.24, 2.45) is 5.16 Å². The number of nitrogens with one attached hydrogen (secondary N) is 1. The van der Waals surface area contributed by atoms with E-state index in [1.54, 1.807) is 36.5 Å². The third kappa shape index (κ3) is 4.00. The Balaban J connectivity index is 1.88. The summed E-state index contributed by atoms with van der Waals surface area (Å²) >= 11 is 3.40. The van der Waals surface area contributed by atoms with Crippen LogP contribution in [0.25, 0.3) is 0 Å². The normalized spacial score (nSPS) is 11.0. The lowest BCUT2D eigenvalue weighted by atomic mass is 10.1. The van der Waals surface area contributed by atoms with E-state index in [-0.39, 0.29) is 0 Å². The number of nitrogens with zero attached hydrogens (tertiary/aromatic N) is 4. The van der Waals surface area contributed by atoms with Gasteiger partial charge in [-0.2, -0.15) is 5.26 Å². The highest BCUT2D eigenvalue weighted by molar-refractivity contribution is 9.10. The molecule has 0 bridgehead atoms. The Labute approximate surface area is 152 Å². The molecule has 3 rings (SSSR count). The Hall–Kier alpha value is -3.24. The molecule has 0 fully saturated rings. The third-order valence-electron chi connectivity index (χ3n) is 3.37. The van der Waals surface area contributed by atoms with E-state index in [1.807, 2.05) is 24.3 Å². The van der Waals surface area contributed by atoms with Crippen molar-refractivity contribution in [3.05, 3.63) is 82.1 Å². The van der Waals surface area contributed by atoms with Crippen LogP contribution in [0.2, 0.25) is 0 Å². The Morgan fingerprint density at radius 3 is 2.64 bits per heavy atom. The van der Waals surface area contributed by atoms with E-state index >= 15 is 0 Å². The molecule has 2 N–H and O–H groups in total. The van der Waals surface area contributed by atoms with Crippen molar-refractivity contribution in [3.63, 3.8) is 0 Å². The molecule has 0 atom stereocenters. The first-order valence-corrected chi connectivity index (χ1v) is 8.07. The molecule has 0 amide bonds. The second-order valence-corrected chi connectivity index (χ2v) is 5.95. The summed E-state index contributed by atoms with van der Waals surface area (Å²) in [5.74, 6) is 0.360. The molecule has 7 heteroatoms. The monoisotopic (exact) mass is 393 g/mol. The van der Waals surface area contributed by atoms with E-state index in [0.717, 1.165) is 15.7 Å². The highest BCUT2D eigenvalue weighted by atomic mass is 79.9. The van der Waals surface area contributed by atoms with Crippen LogP contribution >= 0.6 is 15.9 Å². The first kappa shape index (κ1) is 16.6. The van der Waals surface area contributed by atoms with Crippen molar-refractivity contribution >= 4 is 33.3 Å². The molecule has 0 radical (unpaired) electrons. The van der Waals surface area contributed by atoms with Crippen molar-refractivity contribution in [1.29, 1.82) is 5.26 Å². The van der Waals surface area contributed by atoms with Gasteiger partial charge in [-0.1, -0.05) is 33.2 Å².